The molecule has 0 atom stereocenters. The second-order valence-corrected chi connectivity index (χ2v) is 8.94. The van der Waals surface area contributed by atoms with Gasteiger partial charge in [-0.2, -0.15) is 9.78 Å². The van der Waals surface area contributed by atoms with E-state index in [4.69, 9.17) is 9.26 Å². The van der Waals surface area contributed by atoms with Gasteiger partial charge in [0, 0.05) is 24.7 Å². The Labute approximate surface area is 180 Å². The number of likely N-dealkylation sites (N-methyl/N-ethyl adjacent to an activating group) is 1. The maximum absolute atomic E-state index is 12.9. The number of rotatable bonds is 8. The lowest BCUT2D eigenvalue weighted by molar-refractivity contribution is 0.392. The molecule has 3 rings (SSSR count). The molecular formula is C20H25N5O5S. The van der Waals surface area contributed by atoms with E-state index in [1.165, 1.54) is 30.0 Å². The highest BCUT2D eigenvalue weighted by atomic mass is 32.2. The fraction of sp³-hybridized carbons (Fsp3) is 0.350. The van der Waals surface area contributed by atoms with Gasteiger partial charge in [-0.3, -0.25) is 4.79 Å². The smallest absolute Gasteiger partial charge is 0.271 e. The second-order valence-electron chi connectivity index (χ2n) is 7.21. The summed E-state index contributed by atoms with van der Waals surface area (Å²) >= 11 is 0. The van der Waals surface area contributed by atoms with Crippen molar-refractivity contribution in [2.24, 2.45) is 0 Å². The topological polar surface area (TPSA) is 120 Å². The van der Waals surface area contributed by atoms with Crippen LogP contribution in [-0.4, -0.2) is 62.5 Å². The Morgan fingerprint density at radius 2 is 1.94 bits per heavy atom. The number of hydrogen-bond acceptors (Lipinski definition) is 8. The molecule has 10 nitrogen and oxygen atoms in total. The summed E-state index contributed by atoms with van der Waals surface area (Å²) < 4.78 is 39.9. The van der Waals surface area contributed by atoms with E-state index in [1.54, 1.807) is 26.0 Å². The molecule has 0 radical (unpaired) electrons. The molecule has 0 bridgehead atoms. The summed E-state index contributed by atoms with van der Waals surface area (Å²) in [6.45, 7) is 4.20. The number of nitrogens with one attached hydrogen (secondary N) is 1. The van der Waals surface area contributed by atoms with Crippen LogP contribution in [0.25, 0.3) is 16.9 Å². The molecule has 0 spiro atoms. The molecule has 0 saturated carbocycles. The Balaban J connectivity index is 2.06. The largest absolute Gasteiger partial charge is 0.495 e. The molecular weight excluding hydrogens is 422 g/mol. The molecule has 0 unspecified atom stereocenters. The summed E-state index contributed by atoms with van der Waals surface area (Å²) in [6.07, 6.45) is 0. The molecule has 1 N–H and O–H groups in total. The van der Waals surface area contributed by atoms with Gasteiger partial charge in [-0.1, -0.05) is 5.16 Å². The van der Waals surface area contributed by atoms with Crippen LogP contribution in [0.1, 0.15) is 11.5 Å². The molecule has 0 saturated heterocycles. The van der Waals surface area contributed by atoms with Crippen LogP contribution in [0, 0.1) is 13.8 Å². The molecule has 0 aliphatic heterocycles. The summed E-state index contributed by atoms with van der Waals surface area (Å²) in [5.41, 5.74) is 1.54. The summed E-state index contributed by atoms with van der Waals surface area (Å²) in [5.74, 6) is 0.660. The lowest BCUT2D eigenvalue weighted by atomic mass is 10.1. The van der Waals surface area contributed by atoms with Crippen molar-refractivity contribution in [2.45, 2.75) is 18.7 Å². The zero-order valence-electron chi connectivity index (χ0n) is 18.0. The molecule has 3 aromatic rings. The standard InChI is InChI=1S/C20H25N5O5S/c1-13-20(14(2)30-23-13)25-19(26)9-7-16(22-25)15-6-8-17(29-5)18(12-15)31(27,28)21-10-11-24(3)4/h6-9,12,21H,10-11H2,1-5H3. The molecule has 1 aromatic carbocycles. The highest BCUT2D eigenvalue weighted by Crippen LogP contribution is 2.29. The van der Waals surface area contributed by atoms with Crippen LogP contribution in [0.5, 0.6) is 5.75 Å². The molecule has 0 aliphatic rings. The molecule has 2 heterocycles. The van der Waals surface area contributed by atoms with E-state index in [0.717, 1.165) is 0 Å². The Hall–Kier alpha value is -3.02. The van der Waals surface area contributed by atoms with E-state index in [2.05, 4.69) is 15.0 Å². The van der Waals surface area contributed by atoms with Gasteiger partial charge in [0.05, 0.1) is 12.8 Å². The third kappa shape index (κ3) is 4.84. The van der Waals surface area contributed by atoms with Crippen molar-refractivity contribution >= 4 is 10.0 Å². The average molecular weight is 448 g/mol. The SMILES string of the molecule is COc1ccc(-c2ccc(=O)n(-c3c(C)noc3C)n2)cc1S(=O)(=O)NCCN(C)C. The normalized spacial score (nSPS) is 11.8. The summed E-state index contributed by atoms with van der Waals surface area (Å²) in [5, 5.41) is 8.28. The minimum atomic E-state index is -3.83. The highest BCUT2D eigenvalue weighted by molar-refractivity contribution is 7.89. The van der Waals surface area contributed by atoms with Gasteiger partial charge >= 0.3 is 0 Å². The second kappa shape index (κ2) is 9.00. The number of methoxy groups -OCH3 is 1. The molecule has 31 heavy (non-hydrogen) atoms. The van der Waals surface area contributed by atoms with Crippen LogP contribution in [0.3, 0.4) is 0 Å². The summed E-state index contributed by atoms with van der Waals surface area (Å²) in [4.78, 5) is 14.3. The fourth-order valence-electron chi connectivity index (χ4n) is 3.03. The zero-order valence-corrected chi connectivity index (χ0v) is 18.9. The van der Waals surface area contributed by atoms with Gasteiger partial charge < -0.3 is 14.2 Å². The van der Waals surface area contributed by atoms with Crippen LogP contribution in [-0.2, 0) is 10.0 Å². The highest BCUT2D eigenvalue weighted by Gasteiger charge is 2.21. The first kappa shape index (κ1) is 22.7. The van der Waals surface area contributed by atoms with Crippen molar-refractivity contribution in [3.63, 3.8) is 0 Å². The number of nitrogens with zero attached hydrogens (tertiary/aromatic N) is 4. The van der Waals surface area contributed by atoms with Crippen molar-refractivity contribution in [1.29, 1.82) is 0 Å². The molecule has 0 fully saturated rings. The monoisotopic (exact) mass is 447 g/mol. The number of ether oxygens (including phenoxy) is 1. The van der Waals surface area contributed by atoms with Crippen molar-refractivity contribution in [1.82, 2.24) is 24.6 Å². The molecule has 166 valence electrons. The number of hydrogen-bond donors (Lipinski definition) is 1. The summed E-state index contributed by atoms with van der Waals surface area (Å²) in [6, 6.07) is 7.61. The van der Waals surface area contributed by atoms with E-state index >= 15 is 0 Å². The van der Waals surface area contributed by atoms with E-state index in [-0.39, 0.29) is 22.7 Å². The predicted molar refractivity (Wildman–Crippen MR) is 115 cm³/mol. The van der Waals surface area contributed by atoms with Gasteiger partial charge in [0.2, 0.25) is 10.0 Å². The Bertz CT molecular complexity index is 1230. The molecule has 0 amide bonds. The van der Waals surface area contributed by atoms with E-state index in [9.17, 15) is 13.2 Å². The first-order valence-corrected chi connectivity index (χ1v) is 11.0. The number of aryl methyl sites for hydroxylation is 2. The molecule has 11 heteroatoms. The lowest BCUT2D eigenvalue weighted by Gasteiger charge is -2.14. The molecule has 2 aromatic heterocycles. The van der Waals surface area contributed by atoms with Gasteiger partial charge in [-0.05, 0) is 52.2 Å². The van der Waals surface area contributed by atoms with Gasteiger partial charge in [0.15, 0.2) is 5.76 Å². The van der Waals surface area contributed by atoms with Crippen molar-refractivity contribution in [3.05, 3.63) is 52.1 Å². The van der Waals surface area contributed by atoms with Crippen LogP contribution >= 0.6 is 0 Å². The number of benzene rings is 1. The van der Waals surface area contributed by atoms with Gasteiger partial charge in [0.25, 0.3) is 5.56 Å². The quantitative estimate of drug-likeness (QED) is 0.550. The maximum Gasteiger partial charge on any atom is 0.271 e. The first-order valence-electron chi connectivity index (χ1n) is 9.50. The first-order chi connectivity index (χ1) is 14.6. The van der Waals surface area contributed by atoms with Crippen LogP contribution in [0.4, 0.5) is 0 Å². The fourth-order valence-corrected chi connectivity index (χ4v) is 4.25. The van der Waals surface area contributed by atoms with Gasteiger partial charge in [-0.15, -0.1) is 0 Å². The Kier molecular flexibility index (Phi) is 6.58. The van der Waals surface area contributed by atoms with Crippen molar-refractivity contribution in [3.8, 4) is 22.7 Å². The van der Waals surface area contributed by atoms with Gasteiger partial charge in [-0.25, -0.2) is 13.1 Å². The number of sulfonamides is 1. The minimum Gasteiger partial charge on any atom is -0.495 e. The lowest BCUT2D eigenvalue weighted by Crippen LogP contribution is -2.31. The van der Waals surface area contributed by atoms with Crippen LogP contribution in [0.15, 0.2) is 44.5 Å². The van der Waals surface area contributed by atoms with Crippen molar-refractivity contribution in [2.75, 3.05) is 34.3 Å². The predicted octanol–water partition coefficient (Wildman–Crippen LogP) is 1.35. The third-order valence-electron chi connectivity index (χ3n) is 4.61. The van der Waals surface area contributed by atoms with Gasteiger partial charge in [0.1, 0.15) is 22.0 Å². The maximum atomic E-state index is 12.9. The van der Waals surface area contributed by atoms with E-state index < -0.39 is 10.0 Å². The third-order valence-corrected chi connectivity index (χ3v) is 6.09. The van der Waals surface area contributed by atoms with Crippen LogP contribution < -0.4 is 15.0 Å². The average Bonchev–Trinajstić information content (AvgIpc) is 3.05. The van der Waals surface area contributed by atoms with E-state index in [0.29, 0.717) is 34.9 Å². The zero-order chi connectivity index (χ0) is 22.8. The summed E-state index contributed by atoms with van der Waals surface area (Å²) in [7, 11) is 1.29. The number of aromatic nitrogens is 3. The van der Waals surface area contributed by atoms with Crippen LogP contribution in [0.2, 0.25) is 0 Å². The van der Waals surface area contributed by atoms with E-state index in [1.807, 2.05) is 19.0 Å². The molecule has 0 aliphatic carbocycles. The minimum absolute atomic E-state index is 0.0110. The Morgan fingerprint density at radius 3 is 2.55 bits per heavy atom. The Morgan fingerprint density at radius 1 is 1.19 bits per heavy atom. The van der Waals surface area contributed by atoms with Crippen molar-refractivity contribution < 1.29 is 17.7 Å².